The molecule has 204 valence electrons. The second kappa shape index (κ2) is 9.28. The van der Waals surface area contributed by atoms with Crippen LogP contribution in [0.3, 0.4) is 0 Å². The number of fused-ring (bicyclic) bond motifs is 4. The molecular weight excluding hydrogens is 549 g/mol. The highest BCUT2D eigenvalue weighted by Crippen LogP contribution is 2.55. The number of imidazole rings is 1. The normalized spacial score (nSPS) is 17.4. The molecule has 0 aliphatic carbocycles. The van der Waals surface area contributed by atoms with Gasteiger partial charge in [0.1, 0.15) is 11.6 Å². The van der Waals surface area contributed by atoms with Crippen molar-refractivity contribution in [1.82, 2.24) is 9.55 Å². The minimum Gasteiger partial charge on any atom is -0.496 e. The summed E-state index contributed by atoms with van der Waals surface area (Å²) in [5.74, 6) is 0.348. The Morgan fingerprint density at radius 1 is 1.02 bits per heavy atom. The van der Waals surface area contributed by atoms with Crippen LogP contribution < -0.4 is 20.3 Å². The molecule has 8 nitrogen and oxygen atoms in total. The van der Waals surface area contributed by atoms with E-state index in [1.807, 2.05) is 56.7 Å². The molecule has 10 heteroatoms. The number of methoxy groups -OCH3 is 1. The molecule has 1 unspecified atom stereocenters. The molecule has 0 saturated carbocycles. The zero-order valence-corrected chi connectivity index (χ0v) is 24.1. The maximum Gasteiger partial charge on any atom is 0.280 e. The van der Waals surface area contributed by atoms with Crippen molar-refractivity contribution in [2.75, 3.05) is 29.7 Å². The molecule has 6 rings (SSSR count). The third kappa shape index (κ3) is 3.49. The molecule has 1 atom stereocenters. The van der Waals surface area contributed by atoms with E-state index in [1.54, 1.807) is 37.4 Å². The quantitative estimate of drug-likeness (QED) is 0.278. The lowest BCUT2D eigenvalue weighted by Gasteiger charge is -2.36. The zero-order chi connectivity index (χ0) is 28.5. The second-order valence-corrected chi connectivity index (χ2v) is 11.1. The number of amides is 2. The standard InChI is InChI=1S/C30H27Cl2N5O3/c1-15(2)36-26-25(35-27(36)20-10-9-19(33-4)14-24(20)40-5)28(38)37(23-13-18(32)7-6-16(23)3)30(26)21-11-8-17(31)12-22(21)34-29(30)39/h6-15,33H,1-5H3,(H,34,39). The van der Waals surface area contributed by atoms with Gasteiger partial charge in [0.25, 0.3) is 11.8 Å². The molecule has 3 aromatic carbocycles. The van der Waals surface area contributed by atoms with Crippen molar-refractivity contribution in [3.05, 3.63) is 87.2 Å². The summed E-state index contributed by atoms with van der Waals surface area (Å²) in [7, 11) is 3.42. The highest BCUT2D eigenvalue weighted by Gasteiger charge is 2.64. The average molecular weight is 576 g/mol. The first-order valence-electron chi connectivity index (χ1n) is 12.8. The van der Waals surface area contributed by atoms with Crippen LogP contribution in [0.25, 0.3) is 11.4 Å². The minimum atomic E-state index is -1.55. The number of aromatic nitrogens is 2. The molecule has 0 fully saturated rings. The molecule has 1 aromatic heterocycles. The number of rotatable bonds is 5. The maximum atomic E-state index is 14.5. The Labute approximate surface area is 241 Å². The number of hydrogen-bond acceptors (Lipinski definition) is 5. The van der Waals surface area contributed by atoms with E-state index >= 15 is 0 Å². The molecule has 0 bridgehead atoms. The van der Waals surface area contributed by atoms with Crippen LogP contribution in [0, 0.1) is 6.92 Å². The van der Waals surface area contributed by atoms with Gasteiger partial charge >= 0.3 is 0 Å². The number of ether oxygens (including phenoxy) is 1. The van der Waals surface area contributed by atoms with E-state index in [2.05, 4.69) is 10.6 Å². The van der Waals surface area contributed by atoms with Crippen molar-refractivity contribution in [1.29, 1.82) is 0 Å². The van der Waals surface area contributed by atoms with Gasteiger partial charge in [0.05, 0.1) is 24.1 Å². The van der Waals surface area contributed by atoms with Gasteiger partial charge in [0.15, 0.2) is 11.2 Å². The zero-order valence-electron chi connectivity index (χ0n) is 22.6. The molecule has 2 amide bonds. The van der Waals surface area contributed by atoms with Crippen molar-refractivity contribution < 1.29 is 14.3 Å². The predicted octanol–water partition coefficient (Wildman–Crippen LogP) is 6.65. The van der Waals surface area contributed by atoms with Crippen LogP contribution >= 0.6 is 23.2 Å². The van der Waals surface area contributed by atoms with Gasteiger partial charge in [-0.2, -0.15) is 0 Å². The summed E-state index contributed by atoms with van der Waals surface area (Å²) in [4.78, 5) is 35.3. The van der Waals surface area contributed by atoms with E-state index in [4.69, 9.17) is 32.9 Å². The Kier molecular flexibility index (Phi) is 6.09. The van der Waals surface area contributed by atoms with Crippen LogP contribution in [0.15, 0.2) is 54.6 Å². The van der Waals surface area contributed by atoms with Crippen molar-refractivity contribution in [2.24, 2.45) is 0 Å². The molecular formula is C30H27Cl2N5O3. The number of aryl methyl sites for hydroxylation is 1. The smallest absolute Gasteiger partial charge is 0.280 e. The van der Waals surface area contributed by atoms with Crippen molar-refractivity contribution in [3.8, 4) is 17.1 Å². The van der Waals surface area contributed by atoms with Gasteiger partial charge < -0.3 is 19.9 Å². The summed E-state index contributed by atoms with van der Waals surface area (Å²) < 4.78 is 7.70. The number of nitrogens with one attached hydrogen (secondary N) is 2. The summed E-state index contributed by atoms with van der Waals surface area (Å²) >= 11 is 12.8. The fourth-order valence-electron chi connectivity index (χ4n) is 5.86. The van der Waals surface area contributed by atoms with Crippen LogP contribution in [0.5, 0.6) is 5.75 Å². The van der Waals surface area contributed by atoms with Crippen molar-refractivity contribution in [2.45, 2.75) is 32.4 Å². The van der Waals surface area contributed by atoms with E-state index < -0.39 is 11.4 Å². The van der Waals surface area contributed by atoms with Gasteiger partial charge in [-0.05, 0) is 62.7 Å². The van der Waals surface area contributed by atoms with Gasteiger partial charge in [-0.1, -0.05) is 35.3 Å². The minimum absolute atomic E-state index is 0.172. The SMILES string of the molecule is CNc1ccc(-c2nc3c(n2C(C)C)C2(C(=O)Nc4cc(Cl)ccc42)N(c2cc(Cl)ccc2C)C3=O)c(OC)c1. The molecule has 0 saturated heterocycles. The Bertz CT molecular complexity index is 1730. The predicted molar refractivity (Wildman–Crippen MR) is 158 cm³/mol. The summed E-state index contributed by atoms with van der Waals surface area (Å²) in [6, 6.07) is 16.0. The third-order valence-electron chi connectivity index (χ3n) is 7.60. The molecule has 2 aliphatic heterocycles. The van der Waals surface area contributed by atoms with Crippen LogP contribution in [-0.2, 0) is 10.3 Å². The van der Waals surface area contributed by atoms with E-state index in [0.717, 1.165) is 11.3 Å². The lowest BCUT2D eigenvalue weighted by molar-refractivity contribution is -0.119. The van der Waals surface area contributed by atoms with Crippen LogP contribution in [0.1, 0.15) is 47.2 Å². The van der Waals surface area contributed by atoms with E-state index in [9.17, 15) is 9.59 Å². The molecule has 2 N–H and O–H groups in total. The van der Waals surface area contributed by atoms with E-state index in [1.165, 1.54) is 4.90 Å². The first kappa shape index (κ1) is 26.2. The number of benzene rings is 3. The number of halogens is 2. The Hall–Kier alpha value is -4.01. The summed E-state index contributed by atoms with van der Waals surface area (Å²) in [5, 5.41) is 7.03. The van der Waals surface area contributed by atoms with Gasteiger partial charge in [-0.3, -0.25) is 14.5 Å². The molecule has 1 spiro atoms. The Balaban J connectivity index is 1.73. The van der Waals surface area contributed by atoms with E-state index in [-0.39, 0.29) is 17.6 Å². The average Bonchev–Trinajstić information content (AvgIpc) is 3.53. The molecule has 4 aromatic rings. The summed E-state index contributed by atoms with van der Waals surface area (Å²) in [6.07, 6.45) is 0. The first-order valence-corrected chi connectivity index (χ1v) is 13.6. The van der Waals surface area contributed by atoms with Gasteiger partial charge in [0, 0.05) is 46.1 Å². The first-order chi connectivity index (χ1) is 19.1. The molecule has 40 heavy (non-hydrogen) atoms. The van der Waals surface area contributed by atoms with Crippen LogP contribution in [0.4, 0.5) is 17.1 Å². The highest BCUT2D eigenvalue weighted by atomic mass is 35.5. The maximum absolute atomic E-state index is 14.5. The number of nitrogens with zero attached hydrogens (tertiary/aromatic N) is 3. The molecule has 0 radical (unpaired) electrons. The van der Waals surface area contributed by atoms with E-state index in [0.29, 0.717) is 49.8 Å². The second-order valence-electron chi connectivity index (χ2n) is 10.2. The summed E-state index contributed by atoms with van der Waals surface area (Å²) in [5.41, 5.74) is 3.17. The largest absolute Gasteiger partial charge is 0.496 e. The fraction of sp³-hybridized carbons (Fsp3) is 0.233. The van der Waals surface area contributed by atoms with Crippen molar-refractivity contribution >= 4 is 52.1 Å². The topological polar surface area (TPSA) is 88.5 Å². The lowest BCUT2D eigenvalue weighted by atomic mass is 9.86. The number of hydrogen-bond donors (Lipinski definition) is 2. The molecule has 3 heterocycles. The van der Waals surface area contributed by atoms with Crippen molar-refractivity contribution in [3.63, 3.8) is 0 Å². The van der Waals surface area contributed by atoms with Gasteiger partial charge in [-0.25, -0.2) is 4.98 Å². The number of carbonyl (C=O) groups excluding carboxylic acids is 2. The number of carbonyl (C=O) groups is 2. The Morgan fingerprint density at radius 3 is 2.45 bits per heavy atom. The van der Waals surface area contributed by atoms with Crippen LogP contribution in [-0.4, -0.2) is 35.5 Å². The van der Waals surface area contributed by atoms with Gasteiger partial charge in [-0.15, -0.1) is 0 Å². The lowest BCUT2D eigenvalue weighted by Crippen LogP contribution is -2.51. The summed E-state index contributed by atoms with van der Waals surface area (Å²) in [6.45, 7) is 5.89. The molecule has 2 aliphatic rings. The monoisotopic (exact) mass is 575 g/mol. The highest BCUT2D eigenvalue weighted by molar-refractivity contribution is 6.32. The fourth-order valence-corrected chi connectivity index (χ4v) is 6.20. The Morgan fingerprint density at radius 2 is 1.75 bits per heavy atom. The third-order valence-corrected chi connectivity index (χ3v) is 8.07. The van der Waals surface area contributed by atoms with Crippen LogP contribution in [0.2, 0.25) is 10.0 Å². The number of anilines is 3. The van der Waals surface area contributed by atoms with Gasteiger partial charge in [0.2, 0.25) is 0 Å².